The Bertz CT molecular complexity index is 643. The number of nitriles is 1. The van der Waals surface area contributed by atoms with Crippen molar-refractivity contribution in [3.63, 3.8) is 0 Å². The molecule has 1 atom stereocenters. The van der Waals surface area contributed by atoms with Gasteiger partial charge in [-0.05, 0) is 30.5 Å². The highest BCUT2D eigenvalue weighted by Crippen LogP contribution is 2.56. The van der Waals surface area contributed by atoms with Crippen LogP contribution >= 0.6 is 0 Å². The number of halogens is 1. The molecule has 1 aromatic carbocycles. The average Bonchev–Trinajstić information content (AvgIpc) is 3.07. The molecule has 1 unspecified atom stereocenters. The summed E-state index contributed by atoms with van der Waals surface area (Å²) in [6.45, 7) is 0. The molecule has 1 heterocycles. The van der Waals surface area contributed by atoms with Gasteiger partial charge in [0.1, 0.15) is 23.9 Å². The van der Waals surface area contributed by atoms with Crippen molar-refractivity contribution in [2.24, 2.45) is 5.41 Å². The van der Waals surface area contributed by atoms with E-state index in [1.165, 1.54) is 29.5 Å². The Balaban J connectivity index is 1.99. The number of hydrogen-bond acceptors (Lipinski definition) is 4. The van der Waals surface area contributed by atoms with Gasteiger partial charge in [0.25, 0.3) is 0 Å². The highest BCUT2D eigenvalue weighted by Gasteiger charge is 2.61. The molecule has 2 aromatic rings. The second-order valence-corrected chi connectivity index (χ2v) is 5.15. The maximum atomic E-state index is 13.0. The smallest absolute Gasteiger partial charge is 0.182 e. The third-order valence-electron chi connectivity index (χ3n) is 3.89. The molecule has 102 valence electrons. The van der Waals surface area contributed by atoms with Gasteiger partial charge in [-0.15, -0.1) is 0 Å². The Labute approximate surface area is 115 Å². The van der Waals surface area contributed by atoms with E-state index in [0.29, 0.717) is 12.8 Å². The Morgan fingerprint density at radius 3 is 2.60 bits per heavy atom. The molecule has 1 aliphatic carbocycles. The first kappa shape index (κ1) is 12.8. The normalized spacial score (nSPS) is 19.1. The SMILES string of the molecule is N#CC1(C(O)(Cc2ccc(F)cc2)n2cncn2)CC1. The van der Waals surface area contributed by atoms with Crippen molar-refractivity contribution in [3.8, 4) is 6.07 Å². The van der Waals surface area contributed by atoms with Gasteiger partial charge in [-0.25, -0.2) is 14.1 Å². The molecule has 1 saturated carbocycles. The van der Waals surface area contributed by atoms with Gasteiger partial charge in [0, 0.05) is 6.42 Å². The van der Waals surface area contributed by atoms with Crippen molar-refractivity contribution < 1.29 is 9.50 Å². The highest BCUT2D eigenvalue weighted by molar-refractivity contribution is 5.24. The zero-order valence-electron chi connectivity index (χ0n) is 10.7. The predicted molar refractivity (Wildman–Crippen MR) is 67.6 cm³/mol. The predicted octanol–water partition coefficient (Wildman–Crippen LogP) is 1.61. The summed E-state index contributed by atoms with van der Waals surface area (Å²) in [7, 11) is 0. The van der Waals surface area contributed by atoms with Crippen molar-refractivity contribution in [2.45, 2.75) is 25.0 Å². The molecule has 1 aromatic heterocycles. The average molecular weight is 272 g/mol. The van der Waals surface area contributed by atoms with Gasteiger partial charge < -0.3 is 5.11 Å². The van der Waals surface area contributed by atoms with E-state index in [1.54, 1.807) is 12.1 Å². The minimum absolute atomic E-state index is 0.185. The first-order chi connectivity index (χ1) is 9.60. The Morgan fingerprint density at radius 1 is 1.40 bits per heavy atom. The zero-order chi connectivity index (χ0) is 14.2. The van der Waals surface area contributed by atoms with Gasteiger partial charge in [-0.1, -0.05) is 12.1 Å². The topological polar surface area (TPSA) is 74.7 Å². The van der Waals surface area contributed by atoms with Gasteiger partial charge in [-0.2, -0.15) is 10.4 Å². The lowest BCUT2D eigenvalue weighted by Gasteiger charge is -2.32. The van der Waals surface area contributed by atoms with Crippen LogP contribution in [-0.4, -0.2) is 19.9 Å². The number of nitrogens with zero attached hydrogens (tertiary/aromatic N) is 4. The summed E-state index contributed by atoms with van der Waals surface area (Å²) in [5, 5.41) is 24.4. The molecular weight excluding hydrogens is 259 g/mol. The second-order valence-electron chi connectivity index (χ2n) is 5.15. The maximum Gasteiger partial charge on any atom is 0.182 e. The van der Waals surface area contributed by atoms with E-state index < -0.39 is 11.1 Å². The molecule has 6 heteroatoms. The first-order valence-electron chi connectivity index (χ1n) is 6.33. The van der Waals surface area contributed by atoms with E-state index in [0.717, 1.165) is 5.56 Å². The zero-order valence-corrected chi connectivity index (χ0v) is 10.7. The molecule has 0 saturated heterocycles. The van der Waals surface area contributed by atoms with E-state index in [9.17, 15) is 14.8 Å². The van der Waals surface area contributed by atoms with Crippen molar-refractivity contribution in [3.05, 3.63) is 48.3 Å². The molecule has 0 amide bonds. The van der Waals surface area contributed by atoms with E-state index >= 15 is 0 Å². The molecule has 20 heavy (non-hydrogen) atoms. The molecule has 3 rings (SSSR count). The largest absolute Gasteiger partial charge is 0.367 e. The van der Waals surface area contributed by atoms with Crippen LogP contribution in [0.25, 0.3) is 0 Å². The molecule has 0 bridgehead atoms. The molecule has 0 spiro atoms. The lowest BCUT2D eigenvalue weighted by Crippen LogP contribution is -2.44. The van der Waals surface area contributed by atoms with Crippen LogP contribution in [-0.2, 0) is 12.1 Å². The second kappa shape index (κ2) is 4.39. The van der Waals surface area contributed by atoms with Gasteiger partial charge in [0.05, 0.1) is 6.07 Å². The third kappa shape index (κ3) is 1.87. The van der Waals surface area contributed by atoms with Gasteiger partial charge in [0.2, 0.25) is 0 Å². The molecule has 0 aliphatic heterocycles. The van der Waals surface area contributed by atoms with E-state index in [4.69, 9.17) is 0 Å². The molecular formula is C14H13FN4O. The minimum Gasteiger partial charge on any atom is -0.367 e. The summed E-state index contributed by atoms with van der Waals surface area (Å²) in [6, 6.07) is 8.08. The number of rotatable bonds is 4. The first-order valence-corrected chi connectivity index (χ1v) is 6.33. The fourth-order valence-corrected chi connectivity index (χ4v) is 2.48. The monoisotopic (exact) mass is 272 g/mol. The van der Waals surface area contributed by atoms with Crippen LogP contribution in [0.4, 0.5) is 4.39 Å². The fourth-order valence-electron chi connectivity index (χ4n) is 2.48. The van der Waals surface area contributed by atoms with Crippen molar-refractivity contribution in [1.82, 2.24) is 14.8 Å². The van der Waals surface area contributed by atoms with Crippen molar-refractivity contribution in [2.75, 3.05) is 0 Å². The fraction of sp³-hybridized carbons (Fsp3) is 0.357. The van der Waals surface area contributed by atoms with Crippen LogP contribution in [0, 0.1) is 22.6 Å². The van der Waals surface area contributed by atoms with E-state index in [1.807, 2.05) is 0 Å². The number of benzene rings is 1. The summed E-state index contributed by atoms with van der Waals surface area (Å²) in [5.41, 5.74) is -1.57. The number of aromatic nitrogens is 3. The van der Waals surface area contributed by atoms with Crippen LogP contribution in [0.5, 0.6) is 0 Å². The molecule has 1 N–H and O–H groups in total. The molecule has 1 aliphatic rings. The van der Waals surface area contributed by atoms with Gasteiger partial charge >= 0.3 is 0 Å². The third-order valence-corrected chi connectivity index (χ3v) is 3.89. The Morgan fingerprint density at radius 2 is 2.10 bits per heavy atom. The van der Waals surface area contributed by atoms with Crippen molar-refractivity contribution >= 4 is 0 Å². The molecule has 1 fully saturated rings. The van der Waals surface area contributed by atoms with Gasteiger partial charge in [-0.3, -0.25) is 0 Å². The number of aliphatic hydroxyl groups is 1. The molecule has 0 radical (unpaired) electrons. The van der Waals surface area contributed by atoms with E-state index in [-0.39, 0.29) is 12.2 Å². The van der Waals surface area contributed by atoms with Crippen LogP contribution < -0.4 is 0 Å². The van der Waals surface area contributed by atoms with Crippen LogP contribution in [0.15, 0.2) is 36.9 Å². The minimum atomic E-state index is -1.46. The summed E-state index contributed by atoms with van der Waals surface area (Å²) < 4.78 is 14.3. The summed E-state index contributed by atoms with van der Waals surface area (Å²) in [5.74, 6) is -0.334. The Hall–Kier alpha value is -2.26. The van der Waals surface area contributed by atoms with Crippen LogP contribution in [0.2, 0.25) is 0 Å². The van der Waals surface area contributed by atoms with Crippen LogP contribution in [0.3, 0.4) is 0 Å². The Kier molecular flexibility index (Phi) is 2.80. The summed E-state index contributed by atoms with van der Waals surface area (Å²) >= 11 is 0. The van der Waals surface area contributed by atoms with Crippen LogP contribution in [0.1, 0.15) is 18.4 Å². The molecule has 5 nitrogen and oxygen atoms in total. The summed E-state index contributed by atoms with van der Waals surface area (Å²) in [6.07, 6.45) is 4.14. The quantitative estimate of drug-likeness (QED) is 0.917. The van der Waals surface area contributed by atoms with E-state index in [2.05, 4.69) is 16.2 Å². The van der Waals surface area contributed by atoms with Gasteiger partial charge in [0.15, 0.2) is 5.72 Å². The summed E-state index contributed by atoms with van der Waals surface area (Å²) in [4.78, 5) is 3.84. The lowest BCUT2D eigenvalue weighted by molar-refractivity contribution is -0.0954. The highest BCUT2D eigenvalue weighted by atomic mass is 19.1. The number of hydrogen-bond donors (Lipinski definition) is 1. The van der Waals surface area contributed by atoms with Crippen molar-refractivity contribution in [1.29, 1.82) is 5.26 Å². The standard InChI is InChI=1S/C14H13FN4O/c15-12-3-1-11(2-4-12)7-14(20,13(8-16)5-6-13)19-10-17-9-18-19/h1-4,9-10,20H,5-7H2. The lowest BCUT2D eigenvalue weighted by atomic mass is 9.87. The maximum absolute atomic E-state index is 13.0.